The molecule has 0 aromatic carbocycles. The molecule has 0 radical (unpaired) electrons. The van der Waals surface area contributed by atoms with E-state index in [0.717, 1.165) is 64.5 Å². The van der Waals surface area contributed by atoms with Crippen molar-refractivity contribution in [2.75, 3.05) is 31.2 Å². The van der Waals surface area contributed by atoms with Gasteiger partial charge in [0.15, 0.2) is 0 Å². The van der Waals surface area contributed by atoms with Gasteiger partial charge in [-0.25, -0.2) is 4.68 Å². The predicted molar refractivity (Wildman–Crippen MR) is 79.7 cm³/mol. The van der Waals surface area contributed by atoms with Crippen LogP contribution in [0.25, 0.3) is 0 Å². The quantitative estimate of drug-likeness (QED) is 0.783. The van der Waals surface area contributed by atoms with Gasteiger partial charge < -0.3 is 9.64 Å². The number of terminal acetylenes is 1. The van der Waals surface area contributed by atoms with Crippen LogP contribution in [0.2, 0.25) is 0 Å². The van der Waals surface area contributed by atoms with Gasteiger partial charge in [-0.05, 0) is 47.9 Å². The van der Waals surface area contributed by atoms with Crippen LogP contribution < -0.4 is 4.90 Å². The number of anilines is 1. The summed E-state index contributed by atoms with van der Waals surface area (Å²) in [6.07, 6.45) is 10.9. The lowest BCUT2D eigenvalue weighted by Gasteiger charge is -2.32. The molecule has 3 heterocycles. The SMILES string of the molecule is C#CCC1CCCN(c2nnnn2CC2CCOCC2)C1. The Hall–Kier alpha value is -1.61. The number of piperidine rings is 1. The molecule has 0 spiro atoms. The summed E-state index contributed by atoms with van der Waals surface area (Å²) in [5.74, 6) is 4.87. The van der Waals surface area contributed by atoms with Gasteiger partial charge in [0.05, 0.1) is 0 Å². The molecule has 114 valence electrons. The lowest BCUT2D eigenvalue weighted by atomic mass is 9.95. The zero-order valence-electron chi connectivity index (χ0n) is 12.4. The van der Waals surface area contributed by atoms with Crippen LogP contribution in [0.15, 0.2) is 0 Å². The van der Waals surface area contributed by atoms with Crippen LogP contribution >= 0.6 is 0 Å². The molecule has 0 aliphatic carbocycles. The molecule has 0 saturated carbocycles. The van der Waals surface area contributed by atoms with Crippen LogP contribution in [0.5, 0.6) is 0 Å². The summed E-state index contributed by atoms with van der Waals surface area (Å²) >= 11 is 0. The maximum Gasteiger partial charge on any atom is 0.245 e. The maximum atomic E-state index is 5.45. The van der Waals surface area contributed by atoms with Gasteiger partial charge in [-0.1, -0.05) is 5.10 Å². The van der Waals surface area contributed by atoms with E-state index in [0.29, 0.717) is 11.8 Å². The number of nitrogens with zero attached hydrogens (tertiary/aromatic N) is 5. The van der Waals surface area contributed by atoms with Gasteiger partial charge in [-0.3, -0.25) is 0 Å². The Bertz CT molecular complexity index is 488. The molecule has 2 aliphatic rings. The molecule has 1 aromatic rings. The number of rotatable bonds is 4. The van der Waals surface area contributed by atoms with Crippen molar-refractivity contribution in [3.63, 3.8) is 0 Å². The zero-order valence-corrected chi connectivity index (χ0v) is 12.4. The first-order valence-electron chi connectivity index (χ1n) is 7.89. The van der Waals surface area contributed by atoms with Crippen molar-refractivity contribution in [2.45, 2.75) is 38.6 Å². The molecule has 0 bridgehead atoms. The fourth-order valence-electron chi connectivity index (χ4n) is 3.30. The lowest BCUT2D eigenvalue weighted by molar-refractivity contribution is 0.0600. The van der Waals surface area contributed by atoms with Crippen molar-refractivity contribution in [3.05, 3.63) is 0 Å². The van der Waals surface area contributed by atoms with E-state index < -0.39 is 0 Å². The largest absolute Gasteiger partial charge is 0.381 e. The molecule has 2 aliphatic heterocycles. The van der Waals surface area contributed by atoms with E-state index in [1.807, 2.05) is 4.68 Å². The summed E-state index contributed by atoms with van der Waals surface area (Å²) in [5, 5.41) is 12.3. The molecule has 0 amide bonds. The number of tetrazole rings is 1. The molecule has 2 fully saturated rings. The molecule has 2 saturated heterocycles. The molecule has 6 nitrogen and oxygen atoms in total. The molecule has 3 rings (SSSR count). The van der Waals surface area contributed by atoms with E-state index in [-0.39, 0.29) is 0 Å². The molecule has 21 heavy (non-hydrogen) atoms. The first-order valence-corrected chi connectivity index (χ1v) is 7.89. The Morgan fingerprint density at radius 2 is 2.10 bits per heavy atom. The van der Waals surface area contributed by atoms with E-state index in [9.17, 15) is 0 Å². The average molecular weight is 289 g/mol. The first-order chi connectivity index (χ1) is 10.4. The van der Waals surface area contributed by atoms with Gasteiger partial charge in [0.1, 0.15) is 0 Å². The van der Waals surface area contributed by atoms with Crippen molar-refractivity contribution < 1.29 is 4.74 Å². The summed E-state index contributed by atoms with van der Waals surface area (Å²) in [6, 6.07) is 0. The summed E-state index contributed by atoms with van der Waals surface area (Å²) in [4.78, 5) is 2.30. The number of hydrogen-bond acceptors (Lipinski definition) is 5. The summed E-state index contributed by atoms with van der Waals surface area (Å²) in [7, 11) is 0. The molecular weight excluding hydrogens is 266 g/mol. The molecule has 1 atom stereocenters. The Morgan fingerprint density at radius 1 is 1.24 bits per heavy atom. The van der Waals surface area contributed by atoms with Gasteiger partial charge in [0.25, 0.3) is 0 Å². The van der Waals surface area contributed by atoms with Crippen molar-refractivity contribution in [1.82, 2.24) is 20.2 Å². The molecule has 0 N–H and O–H groups in total. The van der Waals surface area contributed by atoms with Gasteiger partial charge in [-0.2, -0.15) is 0 Å². The third kappa shape index (κ3) is 3.53. The van der Waals surface area contributed by atoms with Crippen molar-refractivity contribution in [2.24, 2.45) is 11.8 Å². The van der Waals surface area contributed by atoms with Gasteiger partial charge >= 0.3 is 0 Å². The Kier molecular flexibility index (Phi) is 4.71. The summed E-state index contributed by atoms with van der Waals surface area (Å²) in [6.45, 7) is 4.60. The summed E-state index contributed by atoms with van der Waals surface area (Å²) < 4.78 is 7.38. The van der Waals surface area contributed by atoms with Gasteiger partial charge in [0.2, 0.25) is 5.95 Å². The highest BCUT2D eigenvalue weighted by atomic mass is 16.5. The lowest BCUT2D eigenvalue weighted by Crippen LogP contribution is -2.37. The Labute approximate surface area is 125 Å². The van der Waals surface area contributed by atoms with Crippen molar-refractivity contribution in [3.8, 4) is 12.3 Å². The fourth-order valence-corrected chi connectivity index (χ4v) is 3.30. The minimum Gasteiger partial charge on any atom is -0.381 e. The van der Waals surface area contributed by atoms with Crippen LogP contribution in [0.1, 0.15) is 32.1 Å². The first kappa shape index (κ1) is 14.3. The molecule has 6 heteroatoms. The molecule has 1 unspecified atom stereocenters. The van der Waals surface area contributed by atoms with Crippen molar-refractivity contribution >= 4 is 5.95 Å². The fraction of sp³-hybridized carbons (Fsp3) is 0.800. The van der Waals surface area contributed by atoms with Crippen molar-refractivity contribution in [1.29, 1.82) is 0 Å². The van der Waals surface area contributed by atoms with Gasteiger partial charge in [0, 0.05) is 39.3 Å². The third-order valence-corrected chi connectivity index (χ3v) is 4.49. The minimum absolute atomic E-state index is 0.567. The second kappa shape index (κ2) is 6.90. The second-order valence-corrected chi connectivity index (χ2v) is 6.08. The highest BCUT2D eigenvalue weighted by Crippen LogP contribution is 2.24. The van der Waals surface area contributed by atoms with Crippen LogP contribution in [0.3, 0.4) is 0 Å². The average Bonchev–Trinajstić information content (AvgIpc) is 2.97. The smallest absolute Gasteiger partial charge is 0.245 e. The standard InChI is InChI=1S/C15H23N5O/c1-2-4-13-5-3-8-19(11-13)15-16-17-18-20(15)12-14-6-9-21-10-7-14/h1,13-14H,3-12H2. The highest BCUT2D eigenvalue weighted by Gasteiger charge is 2.25. The van der Waals surface area contributed by atoms with Crippen LogP contribution in [-0.4, -0.2) is 46.5 Å². The van der Waals surface area contributed by atoms with Crippen LogP contribution in [0.4, 0.5) is 5.95 Å². The monoisotopic (exact) mass is 289 g/mol. The normalized spacial score (nSPS) is 24.0. The predicted octanol–water partition coefficient (Wildman–Crippen LogP) is 1.34. The van der Waals surface area contributed by atoms with Gasteiger partial charge in [-0.15, -0.1) is 12.3 Å². The van der Waals surface area contributed by atoms with E-state index >= 15 is 0 Å². The minimum atomic E-state index is 0.567. The van der Waals surface area contributed by atoms with Crippen LogP contribution in [0, 0.1) is 24.2 Å². The number of ether oxygens (including phenoxy) is 1. The Balaban J connectivity index is 1.65. The van der Waals surface area contributed by atoms with E-state index in [1.165, 1.54) is 6.42 Å². The summed E-state index contributed by atoms with van der Waals surface area (Å²) in [5.41, 5.74) is 0. The Morgan fingerprint density at radius 3 is 2.90 bits per heavy atom. The molecule has 1 aromatic heterocycles. The van der Waals surface area contributed by atoms with E-state index in [4.69, 9.17) is 11.2 Å². The third-order valence-electron chi connectivity index (χ3n) is 4.49. The molecular formula is C15H23N5O. The number of aromatic nitrogens is 4. The second-order valence-electron chi connectivity index (χ2n) is 6.08. The number of hydrogen-bond donors (Lipinski definition) is 0. The van der Waals surface area contributed by atoms with E-state index in [1.54, 1.807) is 0 Å². The highest BCUT2D eigenvalue weighted by molar-refractivity contribution is 5.29. The van der Waals surface area contributed by atoms with Crippen LogP contribution in [-0.2, 0) is 11.3 Å². The zero-order chi connectivity index (χ0) is 14.5. The topological polar surface area (TPSA) is 56.1 Å². The maximum absolute atomic E-state index is 5.45. The van der Waals surface area contributed by atoms with E-state index in [2.05, 4.69) is 26.3 Å².